The van der Waals surface area contributed by atoms with Crippen molar-refractivity contribution in [2.45, 2.75) is 18.3 Å². The summed E-state index contributed by atoms with van der Waals surface area (Å²) >= 11 is 0. The Balaban J connectivity index is 2.49. The molecule has 17 heavy (non-hydrogen) atoms. The van der Waals surface area contributed by atoms with Crippen molar-refractivity contribution in [1.82, 2.24) is 4.98 Å². The molecule has 1 unspecified atom stereocenters. The molecule has 0 amide bonds. The SMILES string of the molecule is COC(=O)C1(c2cccnc2)C=CC(=O)CC1. The summed E-state index contributed by atoms with van der Waals surface area (Å²) in [6.45, 7) is 0. The number of esters is 1. The standard InChI is InChI=1S/C13H13NO3/c1-17-12(16)13(6-4-11(15)5-7-13)10-3-2-8-14-9-10/h2-4,6,8-9H,5,7H2,1H3. The Bertz CT molecular complexity index is 467. The van der Waals surface area contributed by atoms with Gasteiger partial charge in [-0.3, -0.25) is 14.6 Å². The number of allylic oxidation sites excluding steroid dienone is 1. The first kappa shape index (κ1) is 11.5. The van der Waals surface area contributed by atoms with E-state index < -0.39 is 5.41 Å². The van der Waals surface area contributed by atoms with Crippen LogP contribution in [0.4, 0.5) is 0 Å². The van der Waals surface area contributed by atoms with Gasteiger partial charge in [-0.15, -0.1) is 0 Å². The molecular weight excluding hydrogens is 218 g/mol. The van der Waals surface area contributed by atoms with Crippen LogP contribution in [-0.4, -0.2) is 23.8 Å². The molecule has 1 aliphatic rings. The molecule has 0 N–H and O–H groups in total. The fraction of sp³-hybridized carbons (Fsp3) is 0.308. The molecule has 0 spiro atoms. The Morgan fingerprint density at radius 1 is 1.53 bits per heavy atom. The smallest absolute Gasteiger partial charge is 0.320 e. The fourth-order valence-electron chi connectivity index (χ4n) is 2.06. The average molecular weight is 231 g/mol. The number of hydrogen-bond donors (Lipinski definition) is 0. The number of carbonyl (C=O) groups is 2. The number of carbonyl (C=O) groups excluding carboxylic acids is 2. The minimum atomic E-state index is -0.864. The number of nitrogens with zero attached hydrogens (tertiary/aromatic N) is 1. The van der Waals surface area contributed by atoms with Crippen molar-refractivity contribution in [3.05, 3.63) is 42.2 Å². The number of rotatable bonds is 2. The minimum Gasteiger partial charge on any atom is -0.468 e. The van der Waals surface area contributed by atoms with Gasteiger partial charge in [0.25, 0.3) is 0 Å². The van der Waals surface area contributed by atoms with E-state index in [4.69, 9.17) is 4.74 Å². The Morgan fingerprint density at radius 2 is 2.35 bits per heavy atom. The average Bonchev–Trinajstić information content (AvgIpc) is 2.40. The van der Waals surface area contributed by atoms with Crippen LogP contribution in [0.5, 0.6) is 0 Å². The zero-order valence-corrected chi connectivity index (χ0v) is 9.55. The van der Waals surface area contributed by atoms with Gasteiger partial charge in [-0.1, -0.05) is 12.1 Å². The number of pyridine rings is 1. The summed E-state index contributed by atoms with van der Waals surface area (Å²) < 4.78 is 4.85. The number of hydrogen-bond acceptors (Lipinski definition) is 4. The van der Waals surface area contributed by atoms with E-state index in [0.717, 1.165) is 5.56 Å². The molecular formula is C13H13NO3. The molecule has 0 aromatic carbocycles. The Hall–Kier alpha value is -1.97. The fourth-order valence-corrected chi connectivity index (χ4v) is 2.06. The van der Waals surface area contributed by atoms with E-state index in [1.54, 1.807) is 24.5 Å². The highest BCUT2D eigenvalue weighted by Gasteiger charge is 2.41. The first-order valence-corrected chi connectivity index (χ1v) is 5.40. The van der Waals surface area contributed by atoms with Crippen LogP contribution in [0.3, 0.4) is 0 Å². The van der Waals surface area contributed by atoms with Gasteiger partial charge in [0.05, 0.1) is 7.11 Å². The van der Waals surface area contributed by atoms with Crippen molar-refractivity contribution < 1.29 is 14.3 Å². The molecule has 0 aliphatic heterocycles. The topological polar surface area (TPSA) is 56.3 Å². The van der Waals surface area contributed by atoms with E-state index in [1.807, 2.05) is 6.07 Å². The quantitative estimate of drug-likeness (QED) is 0.722. The Kier molecular flexibility index (Phi) is 3.04. The third-order valence-electron chi connectivity index (χ3n) is 3.05. The maximum Gasteiger partial charge on any atom is 0.320 e. The highest BCUT2D eigenvalue weighted by Crippen LogP contribution is 2.34. The van der Waals surface area contributed by atoms with Crippen LogP contribution < -0.4 is 0 Å². The first-order valence-electron chi connectivity index (χ1n) is 5.40. The number of ketones is 1. The van der Waals surface area contributed by atoms with Crippen LogP contribution in [0, 0.1) is 0 Å². The molecule has 0 saturated heterocycles. The molecule has 88 valence electrons. The normalized spacial score (nSPS) is 23.5. The van der Waals surface area contributed by atoms with Crippen LogP contribution in [0.25, 0.3) is 0 Å². The van der Waals surface area contributed by atoms with E-state index in [1.165, 1.54) is 13.2 Å². The predicted octanol–water partition coefficient (Wildman–Crippen LogP) is 1.41. The van der Waals surface area contributed by atoms with E-state index in [9.17, 15) is 9.59 Å². The van der Waals surface area contributed by atoms with Gasteiger partial charge in [0.2, 0.25) is 0 Å². The maximum absolute atomic E-state index is 12.0. The number of aromatic nitrogens is 1. The molecule has 1 aromatic heterocycles. The summed E-state index contributed by atoms with van der Waals surface area (Å²) in [5.74, 6) is -0.317. The van der Waals surface area contributed by atoms with Gasteiger partial charge in [0.1, 0.15) is 5.41 Å². The summed E-state index contributed by atoms with van der Waals surface area (Å²) in [6, 6.07) is 3.59. The van der Waals surface area contributed by atoms with Gasteiger partial charge in [0, 0.05) is 18.8 Å². The molecule has 1 heterocycles. The van der Waals surface area contributed by atoms with Crippen LogP contribution in [0.15, 0.2) is 36.7 Å². The molecule has 2 rings (SSSR count). The van der Waals surface area contributed by atoms with Crippen molar-refractivity contribution in [2.24, 2.45) is 0 Å². The minimum absolute atomic E-state index is 0.0356. The molecule has 4 heteroatoms. The summed E-state index contributed by atoms with van der Waals surface area (Å²) in [5.41, 5.74) is -0.104. The van der Waals surface area contributed by atoms with Crippen LogP contribution >= 0.6 is 0 Å². The van der Waals surface area contributed by atoms with Gasteiger partial charge in [0.15, 0.2) is 5.78 Å². The molecule has 1 aliphatic carbocycles. The Morgan fingerprint density at radius 3 is 2.88 bits per heavy atom. The number of ether oxygens (including phenoxy) is 1. The van der Waals surface area contributed by atoms with Crippen LogP contribution in [-0.2, 0) is 19.7 Å². The van der Waals surface area contributed by atoms with Gasteiger partial charge in [-0.25, -0.2) is 0 Å². The third-order valence-corrected chi connectivity index (χ3v) is 3.05. The zero-order valence-electron chi connectivity index (χ0n) is 9.55. The second kappa shape index (κ2) is 4.49. The molecule has 4 nitrogen and oxygen atoms in total. The maximum atomic E-state index is 12.0. The lowest BCUT2D eigenvalue weighted by molar-refractivity contribution is -0.146. The van der Waals surface area contributed by atoms with E-state index in [0.29, 0.717) is 12.8 Å². The molecule has 1 atom stereocenters. The van der Waals surface area contributed by atoms with Gasteiger partial charge < -0.3 is 4.74 Å². The van der Waals surface area contributed by atoms with Gasteiger partial charge in [-0.05, 0) is 24.1 Å². The van der Waals surface area contributed by atoms with Crippen molar-refractivity contribution in [3.63, 3.8) is 0 Å². The predicted molar refractivity (Wildman–Crippen MR) is 61.3 cm³/mol. The van der Waals surface area contributed by atoms with Crippen molar-refractivity contribution in [2.75, 3.05) is 7.11 Å². The van der Waals surface area contributed by atoms with Crippen molar-refractivity contribution >= 4 is 11.8 Å². The lowest BCUT2D eigenvalue weighted by Crippen LogP contribution is -2.37. The highest BCUT2D eigenvalue weighted by atomic mass is 16.5. The van der Waals surface area contributed by atoms with Crippen LogP contribution in [0.1, 0.15) is 18.4 Å². The van der Waals surface area contributed by atoms with E-state index in [-0.39, 0.29) is 11.8 Å². The van der Waals surface area contributed by atoms with Gasteiger partial charge >= 0.3 is 5.97 Å². The highest BCUT2D eigenvalue weighted by molar-refractivity contribution is 5.96. The number of methoxy groups -OCH3 is 1. The molecule has 0 bridgehead atoms. The van der Waals surface area contributed by atoms with Crippen LogP contribution in [0.2, 0.25) is 0 Å². The van der Waals surface area contributed by atoms with Crippen molar-refractivity contribution in [1.29, 1.82) is 0 Å². The van der Waals surface area contributed by atoms with E-state index >= 15 is 0 Å². The molecule has 0 radical (unpaired) electrons. The summed E-state index contributed by atoms with van der Waals surface area (Å²) in [6.07, 6.45) is 7.14. The largest absolute Gasteiger partial charge is 0.468 e. The molecule has 1 aromatic rings. The Labute approximate surface area is 99.3 Å². The van der Waals surface area contributed by atoms with Crippen molar-refractivity contribution in [3.8, 4) is 0 Å². The summed E-state index contributed by atoms with van der Waals surface area (Å²) in [5, 5.41) is 0. The molecule has 0 fully saturated rings. The zero-order chi connectivity index (χ0) is 12.3. The second-order valence-electron chi connectivity index (χ2n) is 4.00. The third kappa shape index (κ3) is 1.98. The van der Waals surface area contributed by atoms with E-state index in [2.05, 4.69) is 4.98 Å². The second-order valence-corrected chi connectivity index (χ2v) is 4.00. The molecule has 0 saturated carbocycles. The summed E-state index contributed by atoms with van der Waals surface area (Å²) in [7, 11) is 1.35. The lowest BCUT2D eigenvalue weighted by Gasteiger charge is -2.29. The lowest BCUT2D eigenvalue weighted by atomic mass is 9.74. The summed E-state index contributed by atoms with van der Waals surface area (Å²) in [4.78, 5) is 27.2. The van der Waals surface area contributed by atoms with Gasteiger partial charge in [-0.2, -0.15) is 0 Å². The first-order chi connectivity index (χ1) is 8.19. The monoisotopic (exact) mass is 231 g/mol.